The average Bonchev–Trinajstić information content (AvgIpc) is 3.18. The molecule has 1 N–H and O–H groups in total. The molecule has 0 fully saturated rings. The van der Waals surface area contributed by atoms with Crippen molar-refractivity contribution in [3.63, 3.8) is 0 Å². The van der Waals surface area contributed by atoms with Gasteiger partial charge < -0.3 is 9.15 Å². The Morgan fingerprint density at radius 3 is 2.39 bits per heavy atom. The van der Waals surface area contributed by atoms with Crippen LogP contribution in [0.25, 0.3) is 11.5 Å². The van der Waals surface area contributed by atoms with Gasteiger partial charge in [-0.3, -0.25) is 10.1 Å². The highest BCUT2D eigenvalue weighted by molar-refractivity contribution is 6.03. The Bertz CT molecular complexity index is 1100. The lowest BCUT2D eigenvalue weighted by molar-refractivity contribution is 0.102. The van der Waals surface area contributed by atoms with Gasteiger partial charge in [-0.2, -0.15) is 0 Å². The molecule has 0 atom stereocenters. The van der Waals surface area contributed by atoms with Crippen LogP contribution < -0.4 is 10.1 Å². The average molecular weight is 375 g/mol. The number of nitrogens with zero attached hydrogens (tertiary/aromatic N) is 2. The maximum Gasteiger partial charge on any atom is 0.322 e. The van der Waals surface area contributed by atoms with Crippen LogP contribution in [0, 0.1) is 5.82 Å². The molecule has 0 saturated carbocycles. The summed E-state index contributed by atoms with van der Waals surface area (Å²) in [6, 6.07) is 21.6. The summed E-state index contributed by atoms with van der Waals surface area (Å²) >= 11 is 0. The summed E-state index contributed by atoms with van der Waals surface area (Å²) in [4.78, 5) is 12.3. The molecule has 7 heteroatoms. The molecule has 0 aliphatic carbocycles. The van der Waals surface area contributed by atoms with Crippen LogP contribution in [0.5, 0.6) is 11.5 Å². The monoisotopic (exact) mass is 375 g/mol. The van der Waals surface area contributed by atoms with E-state index in [1.165, 1.54) is 18.2 Å². The molecule has 0 radical (unpaired) electrons. The lowest BCUT2D eigenvalue weighted by Crippen LogP contribution is -2.11. The zero-order valence-corrected chi connectivity index (χ0v) is 14.5. The van der Waals surface area contributed by atoms with Gasteiger partial charge in [0.15, 0.2) is 0 Å². The summed E-state index contributed by atoms with van der Waals surface area (Å²) in [5.74, 6) is 0.588. The molecule has 0 saturated heterocycles. The Kier molecular flexibility index (Phi) is 4.79. The van der Waals surface area contributed by atoms with Crippen LogP contribution in [-0.2, 0) is 0 Å². The standard InChI is InChI=1S/C21H14FN3O3/c22-16-6-4-5-15(13-16)20-24-25-21(28-20)23-19(26)14-9-11-18(12-10-14)27-17-7-2-1-3-8-17/h1-13H,(H,23,25,26). The predicted octanol–water partition coefficient (Wildman–Crippen LogP) is 4.92. The van der Waals surface area contributed by atoms with E-state index in [0.29, 0.717) is 22.6 Å². The largest absolute Gasteiger partial charge is 0.457 e. The number of carbonyl (C=O) groups is 1. The van der Waals surface area contributed by atoms with Gasteiger partial charge in [-0.1, -0.05) is 29.4 Å². The maximum absolute atomic E-state index is 13.3. The summed E-state index contributed by atoms with van der Waals surface area (Å²) < 4.78 is 24.4. The van der Waals surface area contributed by atoms with Gasteiger partial charge in [-0.25, -0.2) is 4.39 Å². The second-order valence-electron chi connectivity index (χ2n) is 5.82. The quantitative estimate of drug-likeness (QED) is 0.536. The first-order valence-corrected chi connectivity index (χ1v) is 8.41. The van der Waals surface area contributed by atoms with Crippen LogP contribution in [0.3, 0.4) is 0 Å². The number of hydrogen-bond donors (Lipinski definition) is 1. The van der Waals surface area contributed by atoms with Crippen molar-refractivity contribution in [3.05, 3.63) is 90.2 Å². The maximum atomic E-state index is 13.3. The van der Waals surface area contributed by atoms with Gasteiger partial charge in [0.25, 0.3) is 5.91 Å². The summed E-state index contributed by atoms with van der Waals surface area (Å²) in [6.07, 6.45) is 0. The molecule has 1 aromatic heterocycles. The van der Waals surface area contributed by atoms with Gasteiger partial charge in [0, 0.05) is 11.1 Å². The third-order valence-electron chi connectivity index (χ3n) is 3.81. The number of benzene rings is 3. The first-order valence-electron chi connectivity index (χ1n) is 8.41. The van der Waals surface area contributed by atoms with Crippen molar-refractivity contribution < 1.29 is 18.3 Å². The Morgan fingerprint density at radius 2 is 1.64 bits per heavy atom. The molecular formula is C21H14FN3O3. The molecule has 1 amide bonds. The first-order chi connectivity index (χ1) is 13.7. The number of ether oxygens (including phenoxy) is 1. The van der Waals surface area contributed by atoms with Gasteiger partial charge in [0.05, 0.1) is 0 Å². The molecule has 1 heterocycles. The summed E-state index contributed by atoms with van der Waals surface area (Å²) in [5, 5.41) is 10.1. The van der Waals surface area contributed by atoms with Crippen LogP contribution in [0.15, 0.2) is 83.3 Å². The number of para-hydroxylation sites is 1. The molecule has 0 aliphatic rings. The van der Waals surface area contributed by atoms with Crippen molar-refractivity contribution in [2.45, 2.75) is 0 Å². The first kappa shape index (κ1) is 17.4. The van der Waals surface area contributed by atoms with E-state index in [1.807, 2.05) is 30.3 Å². The fourth-order valence-electron chi connectivity index (χ4n) is 2.48. The molecule has 3 aromatic carbocycles. The molecule has 0 bridgehead atoms. The molecule has 0 unspecified atom stereocenters. The van der Waals surface area contributed by atoms with Gasteiger partial charge in [-0.15, -0.1) is 5.10 Å². The third kappa shape index (κ3) is 4.04. The highest BCUT2D eigenvalue weighted by Crippen LogP contribution is 2.23. The van der Waals surface area contributed by atoms with E-state index >= 15 is 0 Å². The molecule has 0 spiro atoms. The van der Waals surface area contributed by atoms with Crippen LogP contribution in [0.2, 0.25) is 0 Å². The topological polar surface area (TPSA) is 77.3 Å². The van der Waals surface area contributed by atoms with E-state index in [4.69, 9.17) is 9.15 Å². The van der Waals surface area contributed by atoms with Gasteiger partial charge in [0.1, 0.15) is 17.3 Å². The second kappa shape index (κ2) is 7.71. The Balaban J connectivity index is 1.42. The lowest BCUT2D eigenvalue weighted by Gasteiger charge is -2.06. The summed E-state index contributed by atoms with van der Waals surface area (Å²) in [6.45, 7) is 0. The molecular weight excluding hydrogens is 361 g/mol. The number of rotatable bonds is 5. The van der Waals surface area contributed by atoms with E-state index in [0.717, 1.165) is 0 Å². The van der Waals surface area contributed by atoms with Crippen LogP contribution in [0.1, 0.15) is 10.4 Å². The fraction of sp³-hybridized carbons (Fsp3) is 0. The molecule has 4 rings (SSSR count). The molecule has 6 nitrogen and oxygen atoms in total. The van der Waals surface area contributed by atoms with E-state index in [2.05, 4.69) is 15.5 Å². The van der Waals surface area contributed by atoms with Crippen LogP contribution in [-0.4, -0.2) is 16.1 Å². The van der Waals surface area contributed by atoms with Crippen molar-refractivity contribution in [3.8, 4) is 23.0 Å². The number of nitrogens with one attached hydrogen (secondary N) is 1. The molecule has 0 aliphatic heterocycles. The number of carbonyl (C=O) groups excluding carboxylic acids is 1. The molecule has 138 valence electrons. The lowest BCUT2D eigenvalue weighted by atomic mass is 10.2. The Labute approximate surface area is 159 Å². The minimum absolute atomic E-state index is 0.0751. The zero-order valence-electron chi connectivity index (χ0n) is 14.5. The van der Waals surface area contributed by atoms with Gasteiger partial charge in [0.2, 0.25) is 5.89 Å². The van der Waals surface area contributed by atoms with Crippen molar-refractivity contribution in [1.82, 2.24) is 10.2 Å². The van der Waals surface area contributed by atoms with E-state index < -0.39 is 11.7 Å². The zero-order chi connectivity index (χ0) is 19.3. The molecule has 28 heavy (non-hydrogen) atoms. The highest BCUT2D eigenvalue weighted by Gasteiger charge is 2.13. The highest BCUT2D eigenvalue weighted by atomic mass is 19.1. The van der Waals surface area contributed by atoms with Crippen molar-refractivity contribution in [1.29, 1.82) is 0 Å². The summed E-state index contributed by atoms with van der Waals surface area (Å²) in [7, 11) is 0. The van der Waals surface area contributed by atoms with Crippen LogP contribution >= 0.6 is 0 Å². The Hall–Kier alpha value is -4.00. The smallest absolute Gasteiger partial charge is 0.322 e. The van der Waals surface area contributed by atoms with Gasteiger partial charge >= 0.3 is 6.01 Å². The molecule has 4 aromatic rings. The number of hydrogen-bond acceptors (Lipinski definition) is 5. The summed E-state index contributed by atoms with van der Waals surface area (Å²) in [5.41, 5.74) is 0.821. The third-order valence-corrected chi connectivity index (χ3v) is 3.81. The van der Waals surface area contributed by atoms with E-state index in [9.17, 15) is 9.18 Å². The number of anilines is 1. The number of aromatic nitrogens is 2. The number of amides is 1. The normalized spacial score (nSPS) is 10.5. The fourth-order valence-corrected chi connectivity index (χ4v) is 2.48. The minimum Gasteiger partial charge on any atom is -0.457 e. The van der Waals surface area contributed by atoms with Crippen molar-refractivity contribution in [2.75, 3.05) is 5.32 Å². The van der Waals surface area contributed by atoms with Crippen molar-refractivity contribution >= 4 is 11.9 Å². The van der Waals surface area contributed by atoms with Gasteiger partial charge in [-0.05, 0) is 54.6 Å². The number of halogens is 1. The second-order valence-corrected chi connectivity index (χ2v) is 5.82. The Morgan fingerprint density at radius 1 is 0.893 bits per heavy atom. The SMILES string of the molecule is O=C(Nc1nnc(-c2cccc(F)c2)o1)c1ccc(Oc2ccccc2)cc1. The van der Waals surface area contributed by atoms with E-state index in [-0.39, 0.29) is 11.9 Å². The predicted molar refractivity (Wildman–Crippen MR) is 101 cm³/mol. The van der Waals surface area contributed by atoms with Crippen LogP contribution in [0.4, 0.5) is 10.4 Å². The van der Waals surface area contributed by atoms with E-state index in [1.54, 1.807) is 30.3 Å². The van der Waals surface area contributed by atoms with Crippen molar-refractivity contribution in [2.24, 2.45) is 0 Å². The minimum atomic E-state index is -0.418.